The first-order valence-electron chi connectivity index (χ1n) is 20.3. The Bertz CT molecular complexity index is 2570. The van der Waals surface area contributed by atoms with Crippen LogP contribution in [0.1, 0.15) is 22.3 Å². The molecule has 2 aliphatic rings. The van der Waals surface area contributed by atoms with Crippen molar-refractivity contribution >= 4 is 61.6 Å². The van der Waals surface area contributed by atoms with Crippen molar-refractivity contribution in [3.63, 3.8) is 0 Å². The van der Waals surface area contributed by atoms with E-state index in [0.717, 1.165) is 17.5 Å². The summed E-state index contributed by atoms with van der Waals surface area (Å²) in [4.78, 5) is 0. The smallest absolute Gasteiger partial charge is 0.366 e. The second kappa shape index (κ2) is 21.6. The van der Waals surface area contributed by atoms with E-state index in [4.69, 9.17) is 13.0 Å². The Morgan fingerprint density at radius 1 is 0.492 bits per heavy atom. The third-order valence-corrected chi connectivity index (χ3v) is 22.1. The van der Waals surface area contributed by atoms with Crippen LogP contribution in [-0.2, 0) is 51.2 Å². The van der Waals surface area contributed by atoms with Gasteiger partial charge in [0, 0.05) is 0 Å². The fraction of sp³-hybridized carbons (Fsp3) is 0.0714. The van der Waals surface area contributed by atoms with Crippen LogP contribution in [0, 0.1) is 18.9 Å². The molecule has 8 aromatic carbocycles. The zero-order valence-corrected chi connectivity index (χ0v) is 41.6. The van der Waals surface area contributed by atoms with E-state index in [-0.39, 0.29) is 44.8 Å². The Morgan fingerprint density at radius 3 is 1.44 bits per heavy atom. The normalized spacial score (nSPS) is 12.0. The van der Waals surface area contributed by atoms with Crippen LogP contribution in [0.5, 0.6) is 0 Å². The van der Waals surface area contributed by atoms with Gasteiger partial charge < -0.3 is 6.42 Å². The summed E-state index contributed by atoms with van der Waals surface area (Å²) in [7, 11) is -3.20. The van der Waals surface area contributed by atoms with Crippen molar-refractivity contribution in [3.8, 4) is 28.2 Å². The molecule has 0 unspecified atom stereocenters. The van der Waals surface area contributed by atoms with E-state index >= 15 is 0 Å². The molecule has 1 aliphatic carbocycles. The molecular weight excluding hydrogens is 1160 g/mol. The molecule has 0 aromatic heterocycles. The van der Waals surface area contributed by atoms with Gasteiger partial charge in [0.1, 0.15) is 45.1 Å². The maximum absolute atomic E-state index is 7.25. The zero-order chi connectivity index (χ0) is 40.6. The Morgan fingerprint density at radius 2 is 0.934 bits per heavy atom. The molecule has 5 heteroatoms. The molecule has 0 spiro atoms. The number of rotatable bonds is 7. The minimum absolute atomic E-state index is 0. The van der Waals surface area contributed by atoms with Crippen LogP contribution in [0.4, 0.5) is 0 Å². The van der Waals surface area contributed by atoms with Gasteiger partial charge >= 0.3 is 44.8 Å². The summed E-state index contributed by atoms with van der Waals surface area (Å²) in [5.41, 5.74) is 10.1. The Labute approximate surface area is 398 Å². The SMILES string of the molecule is [Au+].[Au+].[C-]#Cc1ccc2c(c1)-c1ccccc1[Si]2(C)C.[CH-]=Cc1ccc2c(c1)-c1ccccc1C2.c1ccc([PH+](C[PH+](c2ccccc2)c2ccccc2)c2ccccc2)cc1. The average molecular weight is 1200 g/mol. The Balaban J connectivity index is 0.000000159. The fourth-order valence-corrected chi connectivity index (χ4v) is 19.3. The van der Waals surface area contributed by atoms with Gasteiger partial charge in [0.15, 0.2) is 5.90 Å². The largest absolute Gasteiger partial charge is 1.00 e. The predicted molar refractivity (Wildman–Crippen MR) is 264 cm³/mol. The summed E-state index contributed by atoms with van der Waals surface area (Å²) in [6.45, 7) is 10.3. The van der Waals surface area contributed by atoms with E-state index in [9.17, 15) is 0 Å². The van der Waals surface area contributed by atoms with Crippen LogP contribution >= 0.6 is 15.8 Å². The Hall–Kier alpha value is -4.38. The maximum atomic E-state index is 7.25. The summed E-state index contributed by atoms with van der Waals surface area (Å²) in [6.07, 6.45) is 9.96. The number of fused-ring (bicyclic) bond motifs is 6. The molecule has 0 amide bonds. The molecule has 1 heterocycles. The van der Waals surface area contributed by atoms with Gasteiger partial charge in [-0.15, -0.1) is 29.8 Å². The van der Waals surface area contributed by atoms with Gasteiger partial charge in [-0.25, -0.2) is 6.08 Å². The first-order chi connectivity index (χ1) is 28.9. The molecule has 0 atom stereocenters. The van der Waals surface area contributed by atoms with Crippen LogP contribution in [0.15, 0.2) is 206 Å². The standard InChI is InChI=1S/C25H22P2.C16H13Si.C15H11.2Au/c1-5-13-22(14-6-1)26(23-15-7-2-8-16-23)21-27(24-17-9-3-10-18-24)25-19-11-4-12-20-25;1-4-12-9-10-16-14(11-12)13-7-5-6-8-15(13)17(16,2)3;1-2-11-7-8-13-10-12-5-3-4-6-14(12)15(13)9-11;;/h1-20H,21H2;5-11H,2-3H3;1-9H,10H2;;/q;2*-1;2*+1/p+2. The van der Waals surface area contributed by atoms with Crippen LogP contribution < -0.4 is 31.6 Å². The predicted octanol–water partition coefficient (Wildman–Crippen LogP) is 10.8. The molecule has 0 radical (unpaired) electrons. The first-order valence-corrected chi connectivity index (χ1v) is 26.7. The summed E-state index contributed by atoms with van der Waals surface area (Å²) in [5, 5.41) is 9.01. The van der Waals surface area contributed by atoms with Gasteiger partial charge in [-0.2, -0.15) is 5.56 Å². The number of hydrogen-bond donors (Lipinski definition) is 0. The van der Waals surface area contributed by atoms with Crippen LogP contribution in [0.2, 0.25) is 13.1 Å². The van der Waals surface area contributed by atoms with Gasteiger partial charge in [0.05, 0.1) is 0 Å². The van der Waals surface area contributed by atoms with E-state index < -0.39 is 23.9 Å². The molecule has 0 saturated heterocycles. The van der Waals surface area contributed by atoms with Gasteiger partial charge in [0.25, 0.3) is 0 Å². The zero-order valence-electron chi connectivity index (χ0n) is 34.3. The van der Waals surface area contributed by atoms with Crippen molar-refractivity contribution in [1.82, 2.24) is 0 Å². The molecule has 8 aromatic rings. The quantitative estimate of drug-likeness (QED) is 0.0646. The van der Waals surface area contributed by atoms with Gasteiger partial charge in [-0.1, -0.05) is 147 Å². The summed E-state index contributed by atoms with van der Waals surface area (Å²) in [6, 6.07) is 74.4. The van der Waals surface area contributed by atoms with E-state index in [2.05, 4.69) is 219 Å². The van der Waals surface area contributed by atoms with Gasteiger partial charge in [0.2, 0.25) is 0 Å². The fourth-order valence-electron chi connectivity index (χ4n) is 8.52. The molecule has 306 valence electrons. The number of hydrogen-bond acceptors (Lipinski definition) is 0. The summed E-state index contributed by atoms with van der Waals surface area (Å²) < 4.78 is 0. The third-order valence-electron chi connectivity index (χ3n) is 11.6. The van der Waals surface area contributed by atoms with Crippen molar-refractivity contribution in [2.24, 2.45) is 0 Å². The van der Waals surface area contributed by atoms with Crippen LogP contribution in [-0.4, -0.2) is 14.0 Å². The van der Waals surface area contributed by atoms with Crippen molar-refractivity contribution in [2.75, 3.05) is 5.90 Å². The monoisotopic (exact) mass is 1200 g/mol. The second-order valence-corrected chi connectivity index (χ2v) is 25.5. The third kappa shape index (κ3) is 10.5. The van der Waals surface area contributed by atoms with Crippen molar-refractivity contribution in [2.45, 2.75) is 19.5 Å². The first kappa shape index (κ1) is 46.1. The van der Waals surface area contributed by atoms with E-state index in [0.29, 0.717) is 0 Å². The van der Waals surface area contributed by atoms with E-state index in [1.54, 1.807) is 6.08 Å². The minimum Gasteiger partial charge on any atom is -0.366 e. The molecule has 1 aliphatic heterocycles. The van der Waals surface area contributed by atoms with Crippen molar-refractivity contribution in [1.29, 1.82) is 0 Å². The van der Waals surface area contributed by atoms with Crippen LogP contribution in [0.25, 0.3) is 28.3 Å². The maximum Gasteiger partial charge on any atom is 1.00 e. The molecule has 0 fully saturated rings. The summed E-state index contributed by atoms with van der Waals surface area (Å²) >= 11 is 0. The van der Waals surface area contributed by atoms with Gasteiger partial charge in [-0.05, 0) is 98.7 Å². The van der Waals surface area contributed by atoms with Crippen molar-refractivity contribution < 1.29 is 44.8 Å². The molecule has 0 nitrogen and oxygen atoms in total. The van der Waals surface area contributed by atoms with E-state index in [1.165, 1.54) is 70.9 Å². The number of benzene rings is 8. The van der Waals surface area contributed by atoms with Gasteiger partial charge in [-0.3, -0.25) is 12.5 Å². The average Bonchev–Trinajstić information content (AvgIpc) is 3.79. The summed E-state index contributed by atoms with van der Waals surface area (Å²) in [5.74, 6) is 3.73. The Kier molecular flexibility index (Phi) is 16.3. The van der Waals surface area contributed by atoms with E-state index in [1.807, 2.05) is 6.07 Å². The molecule has 10 rings (SSSR count). The topological polar surface area (TPSA) is 0 Å². The molecule has 0 bridgehead atoms. The molecular formula is C56H48Au2P2Si+2. The second-order valence-electron chi connectivity index (χ2n) is 15.6. The minimum atomic E-state index is -1.51. The molecule has 0 saturated carbocycles. The van der Waals surface area contributed by atoms with Crippen molar-refractivity contribution in [3.05, 3.63) is 242 Å². The molecule has 61 heavy (non-hydrogen) atoms. The molecule has 0 N–H and O–H groups in total. The van der Waals surface area contributed by atoms with Crippen LogP contribution in [0.3, 0.4) is 0 Å².